The number of aromatic nitrogens is 2. The van der Waals surface area contributed by atoms with Crippen molar-refractivity contribution in [1.82, 2.24) is 20.0 Å². The number of aryl methyl sites for hydroxylation is 1. The Morgan fingerprint density at radius 3 is 2.81 bits per heavy atom. The third-order valence-electron chi connectivity index (χ3n) is 7.15. The fourth-order valence-corrected chi connectivity index (χ4v) is 5.42. The zero-order chi connectivity index (χ0) is 22.1. The van der Waals surface area contributed by atoms with Crippen LogP contribution in [0.4, 0.5) is 4.79 Å². The van der Waals surface area contributed by atoms with E-state index in [1.165, 1.54) is 22.9 Å². The number of nitrogens with zero attached hydrogens (tertiary/aromatic N) is 3. The number of benzene rings is 2. The van der Waals surface area contributed by atoms with Gasteiger partial charge in [0, 0.05) is 43.4 Å². The summed E-state index contributed by atoms with van der Waals surface area (Å²) in [6.07, 6.45) is 2.89. The highest BCUT2D eigenvalue weighted by molar-refractivity contribution is 5.86. The summed E-state index contributed by atoms with van der Waals surface area (Å²) in [5.41, 5.74) is 3.51. The highest BCUT2D eigenvalue weighted by Gasteiger charge is 2.42. The van der Waals surface area contributed by atoms with Gasteiger partial charge in [-0.05, 0) is 54.6 Å². The molecule has 1 N–H and O–H groups in total. The average molecular weight is 433 g/mol. The summed E-state index contributed by atoms with van der Waals surface area (Å²) in [4.78, 5) is 14.3. The number of hydrogen-bond donors (Lipinski definition) is 1. The van der Waals surface area contributed by atoms with E-state index >= 15 is 0 Å². The number of carbonyl (C=O) groups excluding carboxylic acids is 1. The van der Waals surface area contributed by atoms with Gasteiger partial charge in [-0.15, -0.1) is 0 Å². The lowest BCUT2D eigenvalue weighted by atomic mass is 9.74. The molecule has 3 aliphatic heterocycles. The normalized spacial score (nSPS) is 24.6. The second kappa shape index (κ2) is 8.94. The SMILES string of the molecule is CCCNC(=O)OCC1CC2CCN1CC2c1cc(-c2ccc3ccccc3c2)nn1C. The predicted molar refractivity (Wildman–Crippen MR) is 127 cm³/mol. The van der Waals surface area contributed by atoms with Gasteiger partial charge in [-0.25, -0.2) is 4.79 Å². The van der Waals surface area contributed by atoms with Crippen molar-refractivity contribution in [2.45, 2.75) is 38.1 Å². The van der Waals surface area contributed by atoms with Gasteiger partial charge < -0.3 is 10.1 Å². The highest BCUT2D eigenvalue weighted by Crippen LogP contribution is 2.42. The zero-order valence-electron chi connectivity index (χ0n) is 19.0. The van der Waals surface area contributed by atoms with Gasteiger partial charge in [-0.3, -0.25) is 9.58 Å². The standard InChI is InChI=1S/C26H32N4O2/c1-3-11-27-26(31)32-17-22-14-20-10-12-30(22)16-23(20)25-15-24(28-29(25)2)21-9-8-18-6-4-5-7-19(18)13-21/h4-9,13,15,20,22-23H,3,10-12,14,16-17H2,1-2H3,(H,27,31). The lowest BCUT2D eigenvalue weighted by Gasteiger charge is -2.49. The molecule has 0 spiro atoms. The van der Waals surface area contributed by atoms with Crippen LogP contribution in [0.1, 0.15) is 37.8 Å². The first-order chi connectivity index (χ1) is 15.6. The minimum absolute atomic E-state index is 0.294. The van der Waals surface area contributed by atoms with E-state index in [4.69, 9.17) is 9.84 Å². The Labute approximate surface area is 189 Å². The molecule has 4 unspecified atom stereocenters. The second-order valence-electron chi connectivity index (χ2n) is 9.20. The Balaban J connectivity index is 1.29. The Hall–Kier alpha value is -2.86. The van der Waals surface area contributed by atoms with Crippen LogP contribution in [0.15, 0.2) is 48.5 Å². The summed E-state index contributed by atoms with van der Waals surface area (Å²) in [6, 6.07) is 17.6. The maximum Gasteiger partial charge on any atom is 0.407 e. The van der Waals surface area contributed by atoms with E-state index in [1.807, 2.05) is 6.92 Å². The molecule has 1 amide bonds. The Morgan fingerprint density at radius 1 is 1.19 bits per heavy atom. The quantitative estimate of drug-likeness (QED) is 0.621. The van der Waals surface area contributed by atoms with Gasteiger partial charge in [0.25, 0.3) is 0 Å². The number of carbonyl (C=O) groups is 1. The van der Waals surface area contributed by atoms with E-state index in [2.05, 4.69) is 70.5 Å². The van der Waals surface area contributed by atoms with Crippen molar-refractivity contribution in [3.8, 4) is 11.3 Å². The summed E-state index contributed by atoms with van der Waals surface area (Å²) >= 11 is 0. The van der Waals surface area contributed by atoms with Crippen molar-refractivity contribution >= 4 is 16.9 Å². The van der Waals surface area contributed by atoms with Crippen LogP contribution in [0.3, 0.4) is 0 Å². The van der Waals surface area contributed by atoms with Gasteiger partial charge in [0.2, 0.25) is 0 Å². The Bertz CT molecular complexity index is 1110. The molecule has 3 aliphatic rings. The van der Waals surface area contributed by atoms with Crippen LogP contribution in [0, 0.1) is 5.92 Å². The molecule has 3 fully saturated rings. The molecule has 0 aliphatic carbocycles. The van der Waals surface area contributed by atoms with Crippen LogP contribution in [-0.4, -0.2) is 53.1 Å². The number of fused-ring (bicyclic) bond motifs is 4. The molecule has 2 bridgehead atoms. The molecule has 0 radical (unpaired) electrons. The monoisotopic (exact) mass is 432 g/mol. The number of alkyl carbamates (subject to hydrolysis) is 1. The van der Waals surface area contributed by atoms with Crippen molar-refractivity contribution in [3.63, 3.8) is 0 Å². The van der Waals surface area contributed by atoms with Gasteiger partial charge >= 0.3 is 6.09 Å². The van der Waals surface area contributed by atoms with Crippen LogP contribution in [0.2, 0.25) is 0 Å². The fraction of sp³-hybridized carbons (Fsp3) is 0.462. The van der Waals surface area contributed by atoms with Crippen molar-refractivity contribution < 1.29 is 9.53 Å². The van der Waals surface area contributed by atoms with E-state index in [0.29, 0.717) is 31.0 Å². The molecule has 3 aromatic rings. The molecule has 3 saturated heterocycles. The third kappa shape index (κ3) is 4.11. The predicted octanol–water partition coefficient (Wildman–Crippen LogP) is 4.55. The molecule has 1 aromatic heterocycles. The molecule has 6 rings (SSSR count). The van der Waals surface area contributed by atoms with Gasteiger partial charge in [-0.2, -0.15) is 5.10 Å². The maximum absolute atomic E-state index is 11.8. The topological polar surface area (TPSA) is 59.4 Å². The van der Waals surface area contributed by atoms with Crippen molar-refractivity contribution in [2.75, 3.05) is 26.2 Å². The summed E-state index contributed by atoms with van der Waals surface area (Å²) in [6.45, 7) is 5.27. The van der Waals surface area contributed by atoms with Crippen LogP contribution < -0.4 is 5.32 Å². The molecular formula is C26H32N4O2. The van der Waals surface area contributed by atoms with E-state index in [0.717, 1.165) is 37.2 Å². The molecule has 2 aromatic carbocycles. The van der Waals surface area contributed by atoms with Crippen molar-refractivity contribution in [1.29, 1.82) is 0 Å². The summed E-state index contributed by atoms with van der Waals surface area (Å²) in [5.74, 6) is 1.08. The molecule has 32 heavy (non-hydrogen) atoms. The lowest BCUT2D eigenvalue weighted by molar-refractivity contribution is -0.00414. The number of ether oxygens (including phenoxy) is 1. The van der Waals surface area contributed by atoms with Crippen LogP contribution >= 0.6 is 0 Å². The lowest BCUT2D eigenvalue weighted by Crippen LogP contribution is -2.54. The molecule has 4 heterocycles. The van der Waals surface area contributed by atoms with E-state index in [-0.39, 0.29) is 6.09 Å². The Kier molecular flexibility index (Phi) is 5.87. The molecular weight excluding hydrogens is 400 g/mol. The fourth-order valence-electron chi connectivity index (χ4n) is 5.42. The van der Waals surface area contributed by atoms with Crippen LogP contribution in [0.25, 0.3) is 22.0 Å². The first kappa shape index (κ1) is 21.0. The summed E-state index contributed by atoms with van der Waals surface area (Å²) in [7, 11) is 2.07. The number of nitrogens with one attached hydrogen (secondary N) is 1. The first-order valence-corrected chi connectivity index (χ1v) is 11.8. The van der Waals surface area contributed by atoms with E-state index in [9.17, 15) is 4.79 Å². The number of amides is 1. The average Bonchev–Trinajstić information content (AvgIpc) is 3.22. The third-order valence-corrected chi connectivity index (χ3v) is 7.15. The van der Waals surface area contributed by atoms with Gasteiger partial charge in [0.1, 0.15) is 6.61 Å². The van der Waals surface area contributed by atoms with Gasteiger partial charge in [0.05, 0.1) is 5.69 Å². The van der Waals surface area contributed by atoms with Gasteiger partial charge in [-0.1, -0.05) is 43.3 Å². The molecule has 0 saturated carbocycles. The van der Waals surface area contributed by atoms with E-state index in [1.54, 1.807) is 0 Å². The molecule has 168 valence electrons. The highest BCUT2D eigenvalue weighted by atomic mass is 16.5. The van der Waals surface area contributed by atoms with Crippen LogP contribution in [-0.2, 0) is 11.8 Å². The summed E-state index contributed by atoms with van der Waals surface area (Å²) < 4.78 is 7.56. The largest absolute Gasteiger partial charge is 0.448 e. The maximum atomic E-state index is 11.8. The minimum Gasteiger partial charge on any atom is -0.448 e. The first-order valence-electron chi connectivity index (χ1n) is 11.8. The smallest absolute Gasteiger partial charge is 0.407 e. The Morgan fingerprint density at radius 2 is 2.03 bits per heavy atom. The van der Waals surface area contributed by atoms with Crippen molar-refractivity contribution in [2.24, 2.45) is 13.0 Å². The molecule has 6 heteroatoms. The molecule has 4 atom stereocenters. The number of rotatable bonds is 6. The second-order valence-corrected chi connectivity index (χ2v) is 9.20. The summed E-state index contributed by atoms with van der Waals surface area (Å²) in [5, 5.41) is 10.2. The van der Waals surface area contributed by atoms with Crippen molar-refractivity contribution in [3.05, 3.63) is 54.2 Å². The minimum atomic E-state index is -0.294. The number of hydrogen-bond acceptors (Lipinski definition) is 4. The molecule has 6 nitrogen and oxygen atoms in total. The zero-order valence-corrected chi connectivity index (χ0v) is 19.0. The van der Waals surface area contributed by atoms with Gasteiger partial charge in [0.15, 0.2) is 0 Å². The van der Waals surface area contributed by atoms with E-state index < -0.39 is 0 Å². The van der Waals surface area contributed by atoms with Crippen LogP contribution in [0.5, 0.6) is 0 Å². The number of piperidine rings is 3.